The minimum absolute atomic E-state index is 0.00585. The minimum atomic E-state index is -0.00585. The second kappa shape index (κ2) is 6.89. The molecule has 1 heterocycles. The van der Waals surface area contributed by atoms with Crippen LogP contribution in [0.1, 0.15) is 50.3 Å². The fourth-order valence-corrected chi connectivity index (χ4v) is 2.89. The van der Waals surface area contributed by atoms with Gasteiger partial charge in [-0.15, -0.1) is 0 Å². The van der Waals surface area contributed by atoms with E-state index < -0.39 is 0 Å². The molecule has 0 spiro atoms. The molecule has 3 nitrogen and oxygen atoms in total. The Hall–Kier alpha value is -1.35. The van der Waals surface area contributed by atoms with Gasteiger partial charge in [0, 0.05) is 0 Å². The summed E-state index contributed by atoms with van der Waals surface area (Å²) >= 11 is 0. The van der Waals surface area contributed by atoms with Gasteiger partial charge >= 0.3 is 0 Å². The molecule has 3 heteroatoms. The third kappa shape index (κ3) is 3.83. The molecule has 2 N–H and O–H groups in total. The van der Waals surface area contributed by atoms with Crippen molar-refractivity contribution >= 4 is 5.91 Å². The molecule has 2 rings (SSSR count). The van der Waals surface area contributed by atoms with E-state index in [1.54, 1.807) is 0 Å². The Morgan fingerprint density at radius 1 is 1.40 bits per heavy atom. The highest BCUT2D eigenvalue weighted by molar-refractivity contribution is 5.82. The summed E-state index contributed by atoms with van der Waals surface area (Å²) in [7, 11) is 0. The highest BCUT2D eigenvalue weighted by Gasteiger charge is 2.25. The summed E-state index contributed by atoms with van der Waals surface area (Å²) in [5.41, 5.74) is 2.49. The Morgan fingerprint density at radius 3 is 2.75 bits per heavy atom. The maximum atomic E-state index is 12.3. The topological polar surface area (TPSA) is 41.1 Å². The van der Waals surface area contributed by atoms with Gasteiger partial charge in [0.05, 0.1) is 12.1 Å². The van der Waals surface area contributed by atoms with Crippen LogP contribution >= 0.6 is 0 Å². The lowest BCUT2D eigenvalue weighted by atomic mass is 9.93. The number of aryl methyl sites for hydroxylation is 1. The van der Waals surface area contributed by atoms with Gasteiger partial charge < -0.3 is 10.6 Å². The van der Waals surface area contributed by atoms with Gasteiger partial charge in [-0.3, -0.25) is 4.79 Å². The van der Waals surface area contributed by atoms with Crippen molar-refractivity contribution in [2.45, 2.75) is 52.1 Å². The number of nitrogens with one attached hydrogen (secondary N) is 2. The minimum Gasteiger partial charge on any atom is -0.348 e. The molecule has 1 aromatic carbocycles. The molecule has 1 amide bonds. The van der Waals surface area contributed by atoms with Crippen molar-refractivity contribution in [1.82, 2.24) is 10.6 Å². The Morgan fingerprint density at radius 2 is 2.15 bits per heavy atom. The molecular weight excluding hydrogens is 248 g/mol. The van der Waals surface area contributed by atoms with Crippen LogP contribution < -0.4 is 10.6 Å². The van der Waals surface area contributed by atoms with Gasteiger partial charge in [-0.05, 0) is 49.8 Å². The number of carbonyl (C=O) groups excluding carboxylic acids is 1. The summed E-state index contributed by atoms with van der Waals surface area (Å²) in [4.78, 5) is 12.3. The second-order valence-electron chi connectivity index (χ2n) is 6.20. The normalized spacial score (nSPS) is 20.1. The molecule has 1 saturated heterocycles. The van der Waals surface area contributed by atoms with Crippen LogP contribution in [0.4, 0.5) is 0 Å². The molecule has 110 valence electrons. The number of benzene rings is 1. The number of amides is 1. The molecule has 1 aromatic rings. The first kappa shape index (κ1) is 15.0. The van der Waals surface area contributed by atoms with Gasteiger partial charge in [0.2, 0.25) is 5.91 Å². The highest BCUT2D eigenvalue weighted by Crippen LogP contribution is 2.24. The standard InChI is InChI=1S/C17H26N2O/c1-12(2)11-16(14-8-5-4-7-13(14)3)19-17(20)15-9-6-10-18-15/h4-5,7-8,12,15-16,18H,6,9-11H2,1-3H3,(H,19,20). The van der Waals surface area contributed by atoms with Crippen LogP contribution in [0.25, 0.3) is 0 Å². The van der Waals surface area contributed by atoms with Gasteiger partial charge in [-0.1, -0.05) is 38.1 Å². The van der Waals surface area contributed by atoms with Crippen molar-refractivity contribution in [2.24, 2.45) is 5.92 Å². The van der Waals surface area contributed by atoms with Crippen LogP contribution in [0.3, 0.4) is 0 Å². The highest BCUT2D eigenvalue weighted by atomic mass is 16.2. The van der Waals surface area contributed by atoms with Gasteiger partial charge in [-0.25, -0.2) is 0 Å². The Kier molecular flexibility index (Phi) is 5.18. The zero-order valence-electron chi connectivity index (χ0n) is 12.8. The molecule has 0 saturated carbocycles. The van der Waals surface area contributed by atoms with Crippen molar-refractivity contribution in [2.75, 3.05) is 6.54 Å². The van der Waals surface area contributed by atoms with E-state index in [1.165, 1.54) is 11.1 Å². The summed E-state index contributed by atoms with van der Waals surface area (Å²) in [5.74, 6) is 0.702. The van der Waals surface area contributed by atoms with Gasteiger partial charge in [0.1, 0.15) is 0 Å². The van der Waals surface area contributed by atoms with E-state index in [9.17, 15) is 4.79 Å². The summed E-state index contributed by atoms with van der Waals surface area (Å²) in [6.07, 6.45) is 3.02. The van der Waals surface area contributed by atoms with Crippen LogP contribution in [0.15, 0.2) is 24.3 Å². The lowest BCUT2D eigenvalue weighted by molar-refractivity contribution is -0.123. The molecule has 0 radical (unpaired) electrons. The SMILES string of the molecule is Cc1ccccc1C(CC(C)C)NC(=O)C1CCCN1. The second-order valence-corrected chi connectivity index (χ2v) is 6.20. The zero-order valence-corrected chi connectivity index (χ0v) is 12.8. The van der Waals surface area contributed by atoms with Crippen LogP contribution in [0.5, 0.6) is 0 Å². The van der Waals surface area contributed by atoms with Crippen LogP contribution in [-0.2, 0) is 4.79 Å². The van der Waals surface area contributed by atoms with Gasteiger partial charge in [0.15, 0.2) is 0 Å². The average Bonchev–Trinajstić information content (AvgIpc) is 2.92. The van der Waals surface area contributed by atoms with Crippen molar-refractivity contribution in [3.8, 4) is 0 Å². The summed E-state index contributed by atoms with van der Waals surface area (Å²) in [6, 6.07) is 8.45. The molecule has 0 aromatic heterocycles. The lowest BCUT2D eigenvalue weighted by Crippen LogP contribution is -2.42. The largest absolute Gasteiger partial charge is 0.348 e. The van der Waals surface area contributed by atoms with E-state index in [1.807, 2.05) is 6.07 Å². The number of hydrogen-bond acceptors (Lipinski definition) is 2. The first-order valence-electron chi connectivity index (χ1n) is 7.67. The first-order valence-corrected chi connectivity index (χ1v) is 7.67. The van der Waals surface area contributed by atoms with E-state index in [2.05, 4.69) is 49.6 Å². The number of hydrogen-bond donors (Lipinski definition) is 2. The quantitative estimate of drug-likeness (QED) is 0.866. The summed E-state index contributed by atoms with van der Waals surface area (Å²) in [6.45, 7) is 7.47. The Bertz CT molecular complexity index is 450. The van der Waals surface area contributed by atoms with Crippen molar-refractivity contribution in [3.63, 3.8) is 0 Å². The summed E-state index contributed by atoms with van der Waals surface area (Å²) in [5, 5.41) is 6.52. The van der Waals surface area contributed by atoms with Gasteiger partial charge in [0.25, 0.3) is 0 Å². The number of carbonyl (C=O) groups is 1. The third-order valence-corrected chi connectivity index (χ3v) is 3.96. The maximum Gasteiger partial charge on any atom is 0.237 e. The fourth-order valence-electron chi connectivity index (χ4n) is 2.89. The summed E-state index contributed by atoms with van der Waals surface area (Å²) < 4.78 is 0. The van der Waals surface area contributed by atoms with Crippen molar-refractivity contribution < 1.29 is 4.79 Å². The molecule has 0 bridgehead atoms. The molecule has 0 aliphatic carbocycles. The van der Waals surface area contributed by atoms with Crippen molar-refractivity contribution in [3.05, 3.63) is 35.4 Å². The van der Waals surface area contributed by atoms with E-state index >= 15 is 0 Å². The Labute approximate surface area is 122 Å². The molecular formula is C17H26N2O. The Balaban J connectivity index is 2.11. The van der Waals surface area contributed by atoms with E-state index in [4.69, 9.17) is 0 Å². The van der Waals surface area contributed by atoms with Crippen LogP contribution in [0, 0.1) is 12.8 Å². The zero-order chi connectivity index (χ0) is 14.5. The molecule has 1 aliphatic rings. The maximum absolute atomic E-state index is 12.3. The first-order chi connectivity index (χ1) is 9.58. The third-order valence-electron chi connectivity index (χ3n) is 3.96. The molecule has 2 atom stereocenters. The smallest absolute Gasteiger partial charge is 0.237 e. The van der Waals surface area contributed by atoms with Crippen molar-refractivity contribution in [1.29, 1.82) is 0 Å². The van der Waals surface area contributed by atoms with E-state index in [0.717, 1.165) is 25.8 Å². The molecule has 1 fully saturated rings. The van der Waals surface area contributed by atoms with Gasteiger partial charge in [-0.2, -0.15) is 0 Å². The molecule has 1 aliphatic heterocycles. The predicted octanol–water partition coefficient (Wildman–Crippen LogP) is 2.95. The van der Waals surface area contributed by atoms with Crippen LogP contribution in [0.2, 0.25) is 0 Å². The van der Waals surface area contributed by atoms with Crippen LogP contribution in [-0.4, -0.2) is 18.5 Å². The fraction of sp³-hybridized carbons (Fsp3) is 0.588. The monoisotopic (exact) mass is 274 g/mol. The average molecular weight is 274 g/mol. The number of rotatable bonds is 5. The molecule has 20 heavy (non-hydrogen) atoms. The lowest BCUT2D eigenvalue weighted by Gasteiger charge is -2.24. The van der Waals surface area contributed by atoms with E-state index in [0.29, 0.717) is 5.92 Å². The van der Waals surface area contributed by atoms with E-state index in [-0.39, 0.29) is 18.0 Å². The molecule has 2 unspecified atom stereocenters. The predicted molar refractivity (Wildman–Crippen MR) is 82.5 cm³/mol.